The second-order valence-electron chi connectivity index (χ2n) is 6.31. The summed E-state index contributed by atoms with van der Waals surface area (Å²) in [5.74, 6) is -0.673. The Balaban J connectivity index is 1.75. The molecule has 0 amide bonds. The van der Waals surface area contributed by atoms with Crippen molar-refractivity contribution in [3.8, 4) is 17.3 Å². The van der Waals surface area contributed by atoms with E-state index >= 15 is 0 Å². The van der Waals surface area contributed by atoms with Gasteiger partial charge in [-0.05, 0) is 19.1 Å². The fourth-order valence-electron chi connectivity index (χ4n) is 3.02. The minimum Gasteiger partial charge on any atom is -0.467 e. The standard InChI is InChI=1S/C19H17F2N7O/c1-10(12-5-4-11(20)8-13(12)21)24-15-9-14(25-19(26-15)29-2)16-17(22)27-28-7-3-6-23-18(16)28/h3-10H,1-2H3,(H2,22,27)(H,24,25,26)/t10-/m0/s1. The number of nitrogens with two attached hydrogens (primary N) is 1. The molecule has 4 aromatic rings. The molecule has 29 heavy (non-hydrogen) atoms. The molecule has 0 aliphatic carbocycles. The second kappa shape index (κ2) is 7.30. The summed E-state index contributed by atoms with van der Waals surface area (Å²) in [5.41, 5.74) is 7.86. The van der Waals surface area contributed by atoms with Crippen molar-refractivity contribution < 1.29 is 13.5 Å². The highest BCUT2D eigenvalue weighted by Gasteiger charge is 2.19. The van der Waals surface area contributed by atoms with Crippen molar-refractivity contribution in [1.82, 2.24) is 24.6 Å². The van der Waals surface area contributed by atoms with Crippen LogP contribution in [0.5, 0.6) is 6.01 Å². The van der Waals surface area contributed by atoms with E-state index in [1.807, 2.05) is 0 Å². The van der Waals surface area contributed by atoms with Gasteiger partial charge in [-0.15, -0.1) is 5.10 Å². The van der Waals surface area contributed by atoms with E-state index in [1.165, 1.54) is 19.2 Å². The number of ether oxygens (including phenoxy) is 1. The van der Waals surface area contributed by atoms with E-state index in [9.17, 15) is 8.78 Å². The molecule has 0 saturated heterocycles. The summed E-state index contributed by atoms with van der Waals surface area (Å²) in [6, 6.07) is 6.39. The zero-order valence-electron chi connectivity index (χ0n) is 15.6. The van der Waals surface area contributed by atoms with E-state index < -0.39 is 17.7 Å². The van der Waals surface area contributed by atoms with Gasteiger partial charge in [0.2, 0.25) is 0 Å². The number of fused-ring (bicyclic) bond motifs is 1. The van der Waals surface area contributed by atoms with Crippen LogP contribution in [0.15, 0.2) is 42.7 Å². The van der Waals surface area contributed by atoms with E-state index in [1.54, 1.807) is 36.0 Å². The number of hydrogen-bond donors (Lipinski definition) is 2. The molecule has 3 heterocycles. The third-order valence-corrected chi connectivity index (χ3v) is 4.36. The summed E-state index contributed by atoms with van der Waals surface area (Å²) in [7, 11) is 1.43. The van der Waals surface area contributed by atoms with Crippen LogP contribution in [0.3, 0.4) is 0 Å². The Labute approximate surface area is 164 Å². The smallest absolute Gasteiger partial charge is 0.318 e. The highest BCUT2D eigenvalue weighted by Crippen LogP contribution is 2.31. The van der Waals surface area contributed by atoms with Crippen LogP contribution >= 0.6 is 0 Å². The van der Waals surface area contributed by atoms with Gasteiger partial charge in [-0.1, -0.05) is 6.07 Å². The first-order valence-electron chi connectivity index (χ1n) is 8.70. The third-order valence-electron chi connectivity index (χ3n) is 4.36. The van der Waals surface area contributed by atoms with Crippen LogP contribution in [0.4, 0.5) is 20.4 Å². The number of hydrogen-bond acceptors (Lipinski definition) is 7. The van der Waals surface area contributed by atoms with E-state index in [2.05, 4.69) is 25.4 Å². The first-order chi connectivity index (χ1) is 14.0. The molecule has 0 unspecified atom stereocenters. The number of anilines is 2. The second-order valence-corrected chi connectivity index (χ2v) is 6.31. The maximum absolute atomic E-state index is 14.1. The molecule has 4 rings (SSSR count). The summed E-state index contributed by atoms with van der Waals surface area (Å²) < 4.78 is 34.0. The molecule has 0 spiro atoms. The number of aromatic nitrogens is 5. The number of benzene rings is 1. The molecule has 1 atom stereocenters. The van der Waals surface area contributed by atoms with Gasteiger partial charge in [0, 0.05) is 30.1 Å². The molecule has 0 saturated carbocycles. The van der Waals surface area contributed by atoms with Crippen LogP contribution in [-0.4, -0.2) is 31.7 Å². The third kappa shape index (κ3) is 3.51. The van der Waals surface area contributed by atoms with Crippen LogP contribution in [0.2, 0.25) is 0 Å². The Kier molecular flexibility index (Phi) is 4.67. The van der Waals surface area contributed by atoms with Gasteiger partial charge in [-0.2, -0.15) is 9.97 Å². The molecule has 3 aromatic heterocycles. The molecule has 3 N–H and O–H groups in total. The Bertz CT molecular complexity index is 1190. The molecule has 1 aromatic carbocycles. The van der Waals surface area contributed by atoms with Crippen molar-refractivity contribution in [3.63, 3.8) is 0 Å². The van der Waals surface area contributed by atoms with Crippen LogP contribution in [0, 0.1) is 11.6 Å². The number of rotatable bonds is 5. The number of nitrogens with zero attached hydrogens (tertiary/aromatic N) is 5. The number of halogens is 2. The first kappa shape index (κ1) is 18.5. The first-order valence-corrected chi connectivity index (χ1v) is 8.70. The van der Waals surface area contributed by atoms with Crippen molar-refractivity contribution in [2.24, 2.45) is 0 Å². The van der Waals surface area contributed by atoms with Crippen LogP contribution in [0.25, 0.3) is 16.9 Å². The summed E-state index contributed by atoms with van der Waals surface area (Å²) >= 11 is 0. The Hall–Kier alpha value is -3.82. The predicted octanol–water partition coefficient (Wildman–Crippen LogP) is 3.23. The van der Waals surface area contributed by atoms with Crippen molar-refractivity contribution in [2.45, 2.75) is 13.0 Å². The van der Waals surface area contributed by atoms with Gasteiger partial charge in [-0.3, -0.25) is 0 Å². The Morgan fingerprint density at radius 1 is 1.21 bits per heavy atom. The quantitative estimate of drug-likeness (QED) is 0.533. The summed E-state index contributed by atoms with van der Waals surface area (Å²) in [6.45, 7) is 1.73. The molecule has 10 heteroatoms. The van der Waals surface area contributed by atoms with Gasteiger partial charge < -0.3 is 15.8 Å². The van der Waals surface area contributed by atoms with Crippen LogP contribution in [-0.2, 0) is 0 Å². The fourth-order valence-corrected chi connectivity index (χ4v) is 3.02. The zero-order chi connectivity index (χ0) is 20.5. The van der Waals surface area contributed by atoms with E-state index in [0.717, 1.165) is 6.07 Å². The molecule has 0 fully saturated rings. The molecular weight excluding hydrogens is 380 g/mol. The maximum Gasteiger partial charge on any atom is 0.318 e. The lowest BCUT2D eigenvalue weighted by molar-refractivity contribution is 0.381. The summed E-state index contributed by atoms with van der Waals surface area (Å²) in [5, 5.41) is 7.31. The zero-order valence-corrected chi connectivity index (χ0v) is 15.6. The van der Waals surface area contributed by atoms with Crippen LogP contribution < -0.4 is 15.8 Å². The fraction of sp³-hybridized carbons (Fsp3) is 0.158. The molecular formula is C19H17F2N7O. The van der Waals surface area contributed by atoms with E-state index in [4.69, 9.17) is 10.5 Å². The molecule has 8 nitrogen and oxygen atoms in total. The average molecular weight is 397 g/mol. The Morgan fingerprint density at radius 3 is 2.79 bits per heavy atom. The molecule has 0 aliphatic heterocycles. The summed E-state index contributed by atoms with van der Waals surface area (Å²) in [4.78, 5) is 12.9. The van der Waals surface area contributed by atoms with Gasteiger partial charge in [0.05, 0.1) is 24.4 Å². The minimum absolute atomic E-state index is 0.0893. The average Bonchev–Trinajstić information content (AvgIpc) is 3.03. The minimum atomic E-state index is -0.651. The normalized spacial score (nSPS) is 12.1. The SMILES string of the molecule is COc1nc(N[C@@H](C)c2ccc(F)cc2F)cc(-c2c(N)nn3cccnc23)n1. The van der Waals surface area contributed by atoms with Crippen molar-refractivity contribution in [1.29, 1.82) is 0 Å². The van der Waals surface area contributed by atoms with Gasteiger partial charge in [-0.25, -0.2) is 18.3 Å². The van der Waals surface area contributed by atoms with E-state index in [0.29, 0.717) is 28.3 Å². The summed E-state index contributed by atoms with van der Waals surface area (Å²) in [6.07, 6.45) is 3.34. The maximum atomic E-state index is 14.1. The monoisotopic (exact) mass is 397 g/mol. The van der Waals surface area contributed by atoms with Gasteiger partial charge in [0.1, 0.15) is 17.5 Å². The number of nitrogen functional groups attached to an aromatic ring is 1. The lowest BCUT2D eigenvalue weighted by Crippen LogP contribution is -2.11. The van der Waals surface area contributed by atoms with Crippen molar-refractivity contribution in [2.75, 3.05) is 18.2 Å². The predicted molar refractivity (Wildman–Crippen MR) is 103 cm³/mol. The van der Waals surface area contributed by atoms with Gasteiger partial charge >= 0.3 is 6.01 Å². The molecule has 0 radical (unpaired) electrons. The van der Waals surface area contributed by atoms with Gasteiger partial charge in [0.15, 0.2) is 11.5 Å². The highest BCUT2D eigenvalue weighted by atomic mass is 19.1. The molecule has 0 bridgehead atoms. The lowest BCUT2D eigenvalue weighted by Gasteiger charge is -2.16. The topological polar surface area (TPSA) is 103 Å². The highest BCUT2D eigenvalue weighted by molar-refractivity contribution is 5.85. The Morgan fingerprint density at radius 2 is 2.03 bits per heavy atom. The number of methoxy groups -OCH3 is 1. The van der Waals surface area contributed by atoms with Crippen LogP contribution in [0.1, 0.15) is 18.5 Å². The largest absolute Gasteiger partial charge is 0.467 e. The number of nitrogens with one attached hydrogen (secondary N) is 1. The van der Waals surface area contributed by atoms with E-state index in [-0.39, 0.29) is 11.8 Å². The lowest BCUT2D eigenvalue weighted by atomic mass is 10.1. The van der Waals surface area contributed by atoms with Crippen molar-refractivity contribution >= 4 is 17.3 Å². The molecule has 0 aliphatic rings. The van der Waals surface area contributed by atoms with Gasteiger partial charge in [0.25, 0.3) is 0 Å². The van der Waals surface area contributed by atoms with Crippen molar-refractivity contribution in [3.05, 3.63) is 59.9 Å². The molecule has 148 valence electrons.